The Labute approximate surface area is 238 Å². The number of rotatable bonds is 10. The maximum absolute atomic E-state index is 14.5. The van der Waals surface area contributed by atoms with E-state index in [4.69, 9.17) is 19.7 Å². The summed E-state index contributed by atoms with van der Waals surface area (Å²) in [7, 11) is 0. The molecule has 2 aromatic heterocycles. The van der Waals surface area contributed by atoms with Crippen LogP contribution in [-0.2, 0) is 9.59 Å². The number of nitrogens with zero attached hydrogens (tertiary/aromatic N) is 1. The molecule has 42 heavy (non-hydrogen) atoms. The summed E-state index contributed by atoms with van der Waals surface area (Å²) in [6, 6.07) is 12.4. The number of halogens is 2. The number of carboxylic acids is 1. The number of nitrogens with one attached hydrogen (secondary N) is 3. The third kappa shape index (κ3) is 8.71. The van der Waals surface area contributed by atoms with Gasteiger partial charge in [0.2, 0.25) is 0 Å². The summed E-state index contributed by atoms with van der Waals surface area (Å²) in [4.78, 5) is 51.1. The van der Waals surface area contributed by atoms with E-state index in [-0.39, 0.29) is 48.1 Å². The van der Waals surface area contributed by atoms with Crippen LogP contribution in [-0.4, -0.2) is 51.0 Å². The van der Waals surface area contributed by atoms with E-state index in [1.807, 2.05) is 0 Å². The highest BCUT2D eigenvalue weighted by Crippen LogP contribution is 2.29. The molecule has 0 bridgehead atoms. The second-order valence-corrected chi connectivity index (χ2v) is 8.72. The van der Waals surface area contributed by atoms with Crippen LogP contribution in [0.1, 0.15) is 39.1 Å². The molecule has 4 rings (SSSR count). The van der Waals surface area contributed by atoms with Crippen LogP contribution in [0.4, 0.5) is 14.5 Å². The van der Waals surface area contributed by atoms with Crippen molar-refractivity contribution in [1.82, 2.24) is 15.3 Å². The highest BCUT2D eigenvalue weighted by Gasteiger charge is 2.15. The molecule has 0 aliphatic carbocycles. The molecule has 2 aromatic carbocycles. The van der Waals surface area contributed by atoms with Crippen molar-refractivity contribution in [2.75, 3.05) is 11.9 Å². The smallest absolute Gasteiger partial charge is 0.303 e. The number of hydrogen-bond donors (Lipinski definition) is 5. The predicted molar refractivity (Wildman–Crippen MR) is 147 cm³/mol. The molecule has 0 aliphatic rings. The van der Waals surface area contributed by atoms with Gasteiger partial charge in [-0.05, 0) is 61.4 Å². The zero-order valence-corrected chi connectivity index (χ0v) is 22.2. The van der Waals surface area contributed by atoms with E-state index in [0.717, 1.165) is 11.6 Å². The van der Waals surface area contributed by atoms with Gasteiger partial charge in [0.25, 0.3) is 18.3 Å². The largest absolute Gasteiger partial charge is 0.483 e. The Kier molecular flexibility index (Phi) is 10.8. The first-order chi connectivity index (χ1) is 20.1. The molecule has 2 amide bonds. The first-order valence-corrected chi connectivity index (χ1v) is 12.4. The van der Waals surface area contributed by atoms with Gasteiger partial charge in [-0.1, -0.05) is 6.07 Å². The van der Waals surface area contributed by atoms with Crippen molar-refractivity contribution in [3.63, 3.8) is 0 Å². The number of aromatic amines is 1. The third-order valence-electron chi connectivity index (χ3n) is 5.60. The Balaban J connectivity index is 0.00000155. The van der Waals surface area contributed by atoms with Crippen molar-refractivity contribution in [1.29, 1.82) is 0 Å². The van der Waals surface area contributed by atoms with Crippen LogP contribution in [0, 0.1) is 18.6 Å². The fourth-order valence-corrected chi connectivity index (χ4v) is 3.62. The average molecular weight is 581 g/mol. The monoisotopic (exact) mass is 580 g/mol. The Morgan fingerprint density at radius 2 is 1.74 bits per heavy atom. The number of anilines is 1. The SMILES string of the molecule is Cc1ccc(F)c(NC(=O)c2ccc(F)c(Oc3ccnc(-c4cc(C(=O)NCCCC(=O)O)c[nH]4)c3)c2)c1.O=CO. The standard InChI is InChI=1S/C28H24F2N4O5.CH2O2/c1-16-4-6-20(29)22(11-16)34-28(38)17-5-7-21(30)25(13-17)39-19-8-10-31-24(14-19)23-12-18(15-33-23)27(37)32-9-2-3-26(35)36;2-1-3/h4-8,10-15,33H,2-3,9H2,1H3,(H,32,37)(H,34,38)(H,35,36);1H,(H,2,3). The number of carbonyl (C=O) groups excluding carboxylic acids is 2. The van der Waals surface area contributed by atoms with Crippen LogP contribution in [0.2, 0.25) is 0 Å². The predicted octanol–water partition coefficient (Wildman–Crippen LogP) is 5.00. The maximum Gasteiger partial charge on any atom is 0.303 e. The molecule has 11 nitrogen and oxygen atoms in total. The van der Waals surface area contributed by atoms with Gasteiger partial charge in [0.1, 0.15) is 11.6 Å². The van der Waals surface area contributed by atoms with E-state index in [1.165, 1.54) is 48.8 Å². The number of amides is 2. The van der Waals surface area contributed by atoms with Crippen molar-refractivity contribution in [3.8, 4) is 22.9 Å². The van der Waals surface area contributed by atoms with Gasteiger partial charge >= 0.3 is 5.97 Å². The molecule has 0 saturated heterocycles. The van der Waals surface area contributed by atoms with Gasteiger partial charge in [-0.15, -0.1) is 0 Å². The lowest BCUT2D eigenvalue weighted by Crippen LogP contribution is -2.24. The topological polar surface area (TPSA) is 171 Å². The molecule has 0 aliphatic heterocycles. The zero-order chi connectivity index (χ0) is 30.6. The van der Waals surface area contributed by atoms with Crippen molar-refractivity contribution >= 4 is 29.9 Å². The minimum atomic E-state index is -0.936. The number of aromatic nitrogens is 2. The van der Waals surface area contributed by atoms with E-state index in [9.17, 15) is 23.2 Å². The van der Waals surface area contributed by atoms with E-state index in [0.29, 0.717) is 23.4 Å². The molecule has 0 unspecified atom stereocenters. The van der Waals surface area contributed by atoms with Crippen molar-refractivity contribution in [3.05, 3.63) is 95.3 Å². The Hall–Kier alpha value is -5.59. The highest BCUT2D eigenvalue weighted by molar-refractivity contribution is 6.04. The molecule has 0 atom stereocenters. The van der Waals surface area contributed by atoms with Gasteiger partial charge in [0.15, 0.2) is 11.6 Å². The average Bonchev–Trinajstić information content (AvgIpc) is 3.45. The first-order valence-electron chi connectivity index (χ1n) is 12.4. The van der Waals surface area contributed by atoms with Gasteiger partial charge in [-0.2, -0.15) is 0 Å². The number of carbonyl (C=O) groups is 4. The summed E-state index contributed by atoms with van der Waals surface area (Å²) < 4.78 is 34.3. The molecule has 13 heteroatoms. The summed E-state index contributed by atoms with van der Waals surface area (Å²) in [5.41, 5.74) is 2.04. The Bertz CT molecular complexity index is 1590. The lowest BCUT2D eigenvalue weighted by atomic mass is 10.1. The Morgan fingerprint density at radius 1 is 1.00 bits per heavy atom. The molecule has 0 radical (unpaired) electrons. The van der Waals surface area contributed by atoms with Gasteiger partial charge < -0.3 is 30.6 Å². The number of carboxylic acid groups (broad SMARTS) is 2. The molecule has 5 N–H and O–H groups in total. The fraction of sp³-hybridized carbons (Fsp3) is 0.138. The molecule has 0 spiro atoms. The quantitative estimate of drug-likeness (QED) is 0.129. The van der Waals surface area contributed by atoms with Crippen LogP contribution < -0.4 is 15.4 Å². The molecule has 4 aromatic rings. The number of aliphatic carboxylic acids is 1. The van der Waals surface area contributed by atoms with E-state index in [1.54, 1.807) is 19.1 Å². The number of aryl methyl sites for hydroxylation is 1. The van der Waals surface area contributed by atoms with Crippen molar-refractivity contribution in [2.24, 2.45) is 0 Å². The summed E-state index contributed by atoms with van der Waals surface area (Å²) >= 11 is 0. The minimum absolute atomic E-state index is 0.00447. The molecule has 2 heterocycles. The zero-order valence-electron chi connectivity index (χ0n) is 22.2. The summed E-state index contributed by atoms with van der Waals surface area (Å²) in [6.45, 7) is 1.73. The number of H-pyrrole nitrogens is 1. The van der Waals surface area contributed by atoms with Gasteiger partial charge in [-0.25, -0.2) is 8.78 Å². The maximum atomic E-state index is 14.5. The lowest BCUT2D eigenvalue weighted by Gasteiger charge is -2.11. The normalized spacial score (nSPS) is 10.2. The number of ether oxygens (including phenoxy) is 1. The fourth-order valence-electron chi connectivity index (χ4n) is 3.62. The van der Waals surface area contributed by atoms with Crippen LogP contribution in [0.5, 0.6) is 11.5 Å². The van der Waals surface area contributed by atoms with E-state index in [2.05, 4.69) is 20.6 Å². The Morgan fingerprint density at radius 3 is 2.48 bits per heavy atom. The molecular weight excluding hydrogens is 554 g/mol. The van der Waals surface area contributed by atoms with Crippen molar-refractivity contribution in [2.45, 2.75) is 19.8 Å². The first kappa shape index (κ1) is 30.9. The number of benzene rings is 2. The lowest BCUT2D eigenvalue weighted by molar-refractivity contribution is -0.137. The second kappa shape index (κ2) is 14.7. The number of pyridine rings is 1. The van der Waals surface area contributed by atoms with Crippen LogP contribution in [0.15, 0.2) is 67.0 Å². The van der Waals surface area contributed by atoms with Crippen molar-refractivity contribution < 1.29 is 42.9 Å². The van der Waals surface area contributed by atoms with E-state index >= 15 is 0 Å². The molecule has 0 fully saturated rings. The summed E-state index contributed by atoms with van der Waals surface area (Å²) in [5, 5.41) is 20.7. The van der Waals surface area contributed by atoms with Crippen LogP contribution in [0.3, 0.4) is 0 Å². The number of hydrogen-bond acceptors (Lipinski definition) is 6. The van der Waals surface area contributed by atoms with Crippen LogP contribution >= 0.6 is 0 Å². The van der Waals surface area contributed by atoms with Gasteiger partial charge in [-0.3, -0.25) is 24.2 Å². The van der Waals surface area contributed by atoms with E-state index < -0.39 is 23.5 Å². The molecular formula is C29H26F2N4O7. The van der Waals surface area contributed by atoms with Gasteiger partial charge in [0, 0.05) is 37.0 Å². The second-order valence-electron chi connectivity index (χ2n) is 8.72. The van der Waals surface area contributed by atoms with Gasteiger partial charge in [0.05, 0.1) is 22.6 Å². The molecule has 0 saturated carbocycles. The highest BCUT2D eigenvalue weighted by atomic mass is 19.1. The van der Waals surface area contributed by atoms with Crippen LogP contribution in [0.25, 0.3) is 11.4 Å². The molecule has 218 valence electrons. The summed E-state index contributed by atoms with van der Waals surface area (Å²) in [6.07, 6.45) is 3.18. The third-order valence-corrected chi connectivity index (χ3v) is 5.60. The minimum Gasteiger partial charge on any atom is -0.483 e. The summed E-state index contributed by atoms with van der Waals surface area (Å²) in [5.74, 6) is -3.27.